The zero-order valence-electron chi connectivity index (χ0n) is 14.8. The van der Waals surface area contributed by atoms with Crippen LogP contribution in [0.4, 0.5) is 0 Å². The molecule has 2 heteroatoms. The van der Waals surface area contributed by atoms with Crippen molar-refractivity contribution in [2.24, 2.45) is 0 Å². The van der Waals surface area contributed by atoms with E-state index in [0.717, 1.165) is 0 Å². The molecule has 0 radical (unpaired) electrons. The van der Waals surface area contributed by atoms with Crippen LogP contribution in [-0.2, 0) is 0 Å². The van der Waals surface area contributed by atoms with Crippen molar-refractivity contribution in [3.63, 3.8) is 0 Å². The third kappa shape index (κ3) is 2.19. The molecular formula is C24H18S2. The molecule has 2 heterocycles. The summed E-state index contributed by atoms with van der Waals surface area (Å²) in [4.78, 5) is 1.36. The quantitative estimate of drug-likeness (QED) is 0.294. The average molecular weight is 371 g/mol. The van der Waals surface area contributed by atoms with E-state index in [2.05, 4.69) is 75.0 Å². The first-order valence-corrected chi connectivity index (χ1v) is 10.4. The Morgan fingerprint density at radius 2 is 1.62 bits per heavy atom. The Morgan fingerprint density at radius 1 is 0.808 bits per heavy atom. The van der Waals surface area contributed by atoms with Gasteiger partial charge in [0.05, 0.1) is 0 Å². The molecular weight excluding hydrogens is 352 g/mol. The largest absolute Gasteiger partial charge is 0.135 e. The van der Waals surface area contributed by atoms with E-state index in [1.54, 1.807) is 0 Å². The lowest BCUT2D eigenvalue weighted by molar-refractivity contribution is 1.50. The molecule has 5 aromatic rings. The molecule has 0 bridgehead atoms. The first kappa shape index (κ1) is 15.8. The summed E-state index contributed by atoms with van der Waals surface area (Å²) in [7, 11) is 0. The Bertz CT molecular complexity index is 1310. The van der Waals surface area contributed by atoms with Crippen LogP contribution in [0, 0.1) is 13.8 Å². The zero-order chi connectivity index (χ0) is 17.8. The summed E-state index contributed by atoms with van der Waals surface area (Å²) in [6.45, 7) is 8.55. The Kier molecular flexibility index (Phi) is 3.53. The fourth-order valence-corrected chi connectivity index (χ4v) is 6.39. The zero-order valence-corrected chi connectivity index (χ0v) is 16.4. The molecule has 2 aromatic heterocycles. The number of hydrogen-bond acceptors (Lipinski definition) is 2. The predicted molar refractivity (Wildman–Crippen MR) is 120 cm³/mol. The number of rotatable bonds is 2. The molecule has 0 saturated carbocycles. The van der Waals surface area contributed by atoms with Crippen LogP contribution in [0.15, 0.2) is 61.2 Å². The molecule has 0 saturated heterocycles. The van der Waals surface area contributed by atoms with Gasteiger partial charge in [0, 0.05) is 40.9 Å². The van der Waals surface area contributed by atoms with Crippen LogP contribution in [0.5, 0.6) is 0 Å². The smallest absolute Gasteiger partial charge is 0.0434 e. The minimum Gasteiger partial charge on any atom is -0.135 e. The first-order valence-electron chi connectivity index (χ1n) is 8.74. The molecule has 0 atom stereocenters. The average Bonchev–Trinajstić information content (AvgIpc) is 3.18. The van der Waals surface area contributed by atoms with E-state index >= 15 is 0 Å². The molecule has 126 valence electrons. The van der Waals surface area contributed by atoms with Crippen molar-refractivity contribution >= 4 is 59.0 Å². The monoisotopic (exact) mass is 370 g/mol. The highest BCUT2D eigenvalue weighted by atomic mass is 32.1. The van der Waals surface area contributed by atoms with Crippen molar-refractivity contribution in [1.82, 2.24) is 0 Å². The van der Waals surface area contributed by atoms with E-state index in [4.69, 9.17) is 0 Å². The topological polar surface area (TPSA) is 0 Å². The van der Waals surface area contributed by atoms with Crippen LogP contribution in [-0.4, -0.2) is 0 Å². The van der Waals surface area contributed by atoms with Crippen molar-refractivity contribution in [3.05, 3.63) is 77.9 Å². The first-order chi connectivity index (χ1) is 12.7. The molecule has 3 aromatic carbocycles. The second-order valence-electron chi connectivity index (χ2n) is 6.76. The molecule has 0 amide bonds. The van der Waals surface area contributed by atoms with Crippen molar-refractivity contribution in [2.45, 2.75) is 13.8 Å². The maximum absolute atomic E-state index is 4.15. The van der Waals surface area contributed by atoms with Crippen molar-refractivity contribution in [2.75, 3.05) is 0 Å². The number of benzene rings is 3. The Hall–Kier alpha value is -2.42. The lowest BCUT2D eigenvalue weighted by Gasteiger charge is -2.07. The van der Waals surface area contributed by atoms with Crippen LogP contribution >= 0.6 is 22.7 Å². The van der Waals surface area contributed by atoms with Gasteiger partial charge in [-0.25, -0.2) is 0 Å². The maximum atomic E-state index is 4.15. The third-order valence-corrected chi connectivity index (χ3v) is 7.64. The standard InChI is InChI=1S/C24H18S2/c1-4-16-19(23-15(3)17-10-9-14(2)13-22(17)26-23)11-12-20-18-7-5-6-8-21(18)25-24(16)20/h4-13H,1H2,2-3H3. The van der Waals surface area contributed by atoms with Gasteiger partial charge in [-0.05, 0) is 42.5 Å². The third-order valence-electron chi connectivity index (χ3n) is 5.13. The highest BCUT2D eigenvalue weighted by Crippen LogP contribution is 2.45. The number of aryl methyl sites for hydroxylation is 2. The van der Waals surface area contributed by atoms with Gasteiger partial charge >= 0.3 is 0 Å². The molecule has 0 aliphatic heterocycles. The van der Waals surface area contributed by atoms with Crippen molar-refractivity contribution in [3.8, 4) is 10.4 Å². The number of thiophene rings is 2. The second-order valence-corrected chi connectivity index (χ2v) is 8.87. The summed E-state index contributed by atoms with van der Waals surface area (Å²) < 4.78 is 4.04. The predicted octanol–water partition coefficient (Wildman–Crippen LogP) is 8.20. The van der Waals surface area contributed by atoms with Gasteiger partial charge in [-0.15, -0.1) is 22.7 Å². The molecule has 0 N–H and O–H groups in total. The Balaban J connectivity index is 1.86. The van der Waals surface area contributed by atoms with Crippen LogP contribution in [0.1, 0.15) is 16.7 Å². The van der Waals surface area contributed by atoms with Crippen LogP contribution in [0.3, 0.4) is 0 Å². The molecule has 0 fully saturated rings. The molecule has 5 rings (SSSR count). The minimum atomic E-state index is 1.26. The van der Waals surface area contributed by atoms with Gasteiger partial charge in [-0.1, -0.05) is 55.1 Å². The molecule has 0 aliphatic rings. The van der Waals surface area contributed by atoms with Crippen molar-refractivity contribution < 1.29 is 0 Å². The lowest BCUT2D eigenvalue weighted by Crippen LogP contribution is -1.83. The Labute approximate surface area is 161 Å². The molecule has 0 unspecified atom stereocenters. The van der Waals surface area contributed by atoms with Gasteiger partial charge in [-0.2, -0.15) is 0 Å². The Morgan fingerprint density at radius 3 is 2.46 bits per heavy atom. The summed E-state index contributed by atoms with van der Waals surface area (Å²) in [5.74, 6) is 0. The summed E-state index contributed by atoms with van der Waals surface area (Å²) in [5.41, 5.74) is 5.24. The highest BCUT2D eigenvalue weighted by Gasteiger charge is 2.16. The molecule has 0 nitrogen and oxygen atoms in total. The fraction of sp³-hybridized carbons (Fsp3) is 0.0833. The normalized spacial score (nSPS) is 11.6. The highest BCUT2D eigenvalue weighted by molar-refractivity contribution is 7.26. The molecule has 26 heavy (non-hydrogen) atoms. The van der Waals surface area contributed by atoms with E-state index < -0.39 is 0 Å². The fourth-order valence-electron chi connectivity index (χ4n) is 3.80. The van der Waals surface area contributed by atoms with Crippen LogP contribution in [0.2, 0.25) is 0 Å². The summed E-state index contributed by atoms with van der Waals surface area (Å²) in [5, 5.41) is 4.03. The van der Waals surface area contributed by atoms with Gasteiger partial charge in [-0.3, -0.25) is 0 Å². The summed E-state index contributed by atoms with van der Waals surface area (Å²) >= 11 is 3.76. The summed E-state index contributed by atoms with van der Waals surface area (Å²) in [6, 6.07) is 20.0. The van der Waals surface area contributed by atoms with Gasteiger partial charge in [0.25, 0.3) is 0 Å². The van der Waals surface area contributed by atoms with E-state index in [-0.39, 0.29) is 0 Å². The van der Waals surface area contributed by atoms with E-state index in [1.165, 1.54) is 57.4 Å². The number of fused-ring (bicyclic) bond motifs is 4. The van der Waals surface area contributed by atoms with Crippen LogP contribution < -0.4 is 0 Å². The van der Waals surface area contributed by atoms with Gasteiger partial charge in [0.1, 0.15) is 0 Å². The number of hydrogen-bond donors (Lipinski definition) is 0. The summed E-state index contributed by atoms with van der Waals surface area (Å²) in [6.07, 6.45) is 2.03. The van der Waals surface area contributed by atoms with E-state index in [0.29, 0.717) is 0 Å². The molecule has 0 spiro atoms. The van der Waals surface area contributed by atoms with E-state index in [1.807, 2.05) is 28.7 Å². The lowest BCUT2D eigenvalue weighted by atomic mass is 9.99. The minimum absolute atomic E-state index is 1.26. The van der Waals surface area contributed by atoms with Gasteiger partial charge < -0.3 is 0 Å². The van der Waals surface area contributed by atoms with Gasteiger partial charge in [0.15, 0.2) is 0 Å². The van der Waals surface area contributed by atoms with Gasteiger partial charge in [0.2, 0.25) is 0 Å². The SMILES string of the molecule is C=Cc1c(-c2sc3cc(C)ccc3c2C)ccc2c1sc1ccccc12. The van der Waals surface area contributed by atoms with E-state index in [9.17, 15) is 0 Å². The van der Waals surface area contributed by atoms with Crippen molar-refractivity contribution in [1.29, 1.82) is 0 Å². The van der Waals surface area contributed by atoms with Crippen LogP contribution in [0.25, 0.3) is 46.8 Å². The maximum Gasteiger partial charge on any atom is 0.0434 e. The molecule has 0 aliphatic carbocycles. The second kappa shape index (κ2) is 5.80.